The maximum atomic E-state index is 11.9. The molecule has 0 saturated carbocycles. The molecule has 3 nitrogen and oxygen atoms in total. The second-order valence-electron chi connectivity index (χ2n) is 4.74. The van der Waals surface area contributed by atoms with E-state index in [0.29, 0.717) is 12.3 Å². The maximum Gasteiger partial charge on any atom is 0.241 e. The van der Waals surface area contributed by atoms with Crippen LogP contribution in [0.5, 0.6) is 0 Å². The highest BCUT2D eigenvalue weighted by Gasteiger charge is 2.15. The lowest BCUT2D eigenvalue weighted by molar-refractivity contribution is -0.117. The minimum atomic E-state index is -0.431. The number of nitrogens with two attached hydrogens (primary N) is 1. The molecule has 0 aromatic heterocycles. The molecule has 3 heteroatoms. The van der Waals surface area contributed by atoms with E-state index in [1.807, 2.05) is 24.3 Å². The number of carbonyl (C=O) groups is 1. The van der Waals surface area contributed by atoms with E-state index in [4.69, 9.17) is 5.73 Å². The summed E-state index contributed by atoms with van der Waals surface area (Å²) >= 11 is 0. The van der Waals surface area contributed by atoms with Gasteiger partial charge in [-0.15, -0.1) is 0 Å². The topological polar surface area (TPSA) is 55.1 Å². The molecular formula is C14H22N2O. The third kappa shape index (κ3) is 4.19. The molecular weight excluding hydrogens is 212 g/mol. The largest absolute Gasteiger partial charge is 0.324 e. The first-order chi connectivity index (χ1) is 8.04. The van der Waals surface area contributed by atoms with Crippen LogP contribution in [0.1, 0.15) is 32.8 Å². The van der Waals surface area contributed by atoms with Crippen molar-refractivity contribution in [3.63, 3.8) is 0 Å². The summed E-state index contributed by atoms with van der Waals surface area (Å²) in [5.41, 5.74) is 7.86. The summed E-state index contributed by atoms with van der Waals surface area (Å²) in [6, 6.07) is 7.40. The van der Waals surface area contributed by atoms with Crippen LogP contribution < -0.4 is 11.1 Å². The van der Waals surface area contributed by atoms with Crippen molar-refractivity contribution in [2.45, 2.75) is 39.7 Å². The third-order valence-electron chi connectivity index (χ3n) is 2.72. The van der Waals surface area contributed by atoms with Crippen molar-refractivity contribution in [1.29, 1.82) is 0 Å². The minimum absolute atomic E-state index is 0.0976. The molecule has 1 aromatic carbocycles. The molecule has 17 heavy (non-hydrogen) atoms. The highest BCUT2D eigenvalue weighted by molar-refractivity contribution is 5.95. The van der Waals surface area contributed by atoms with Gasteiger partial charge in [0.2, 0.25) is 5.91 Å². The van der Waals surface area contributed by atoms with E-state index in [9.17, 15) is 4.79 Å². The van der Waals surface area contributed by atoms with Crippen molar-refractivity contribution in [2.75, 3.05) is 5.32 Å². The Bertz CT molecular complexity index is 374. The van der Waals surface area contributed by atoms with Gasteiger partial charge in [-0.05, 0) is 30.4 Å². The Hall–Kier alpha value is -1.35. The van der Waals surface area contributed by atoms with Gasteiger partial charge >= 0.3 is 0 Å². The molecule has 0 heterocycles. The minimum Gasteiger partial charge on any atom is -0.324 e. The summed E-state index contributed by atoms with van der Waals surface area (Å²) in [6.45, 7) is 6.19. The lowest BCUT2D eigenvalue weighted by Gasteiger charge is -2.15. The van der Waals surface area contributed by atoms with Crippen molar-refractivity contribution in [2.24, 2.45) is 11.7 Å². The van der Waals surface area contributed by atoms with Crippen molar-refractivity contribution in [1.82, 2.24) is 0 Å². The van der Waals surface area contributed by atoms with E-state index >= 15 is 0 Å². The average Bonchev–Trinajstić information content (AvgIpc) is 2.28. The lowest BCUT2D eigenvalue weighted by atomic mass is 10.0. The molecule has 0 bridgehead atoms. The van der Waals surface area contributed by atoms with Crippen molar-refractivity contribution < 1.29 is 4.79 Å². The number of amides is 1. The Balaban J connectivity index is 2.67. The predicted octanol–water partition coefficient (Wildman–Crippen LogP) is 2.56. The predicted molar refractivity (Wildman–Crippen MR) is 71.9 cm³/mol. The zero-order valence-electron chi connectivity index (χ0n) is 10.9. The van der Waals surface area contributed by atoms with Crippen LogP contribution in [0.2, 0.25) is 0 Å². The van der Waals surface area contributed by atoms with Gasteiger partial charge in [0.1, 0.15) is 0 Å². The first-order valence-electron chi connectivity index (χ1n) is 6.19. The van der Waals surface area contributed by atoms with E-state index in [1.165, 1.54) is 0 Å². The van der Waals surface area contributed by atoms with Crippen molar-refractivity contribution in [3.8, 4) is 0 Å². The van der Waals surface area contributed by atoms with Gasteiger partial charge in [-0.2, -0.15) is 0 Å². The zero-order valence-corrected chi connectivity index (χ0v) is 10.9. The molecule has 0 spiro atoms. The fourth-order valence-electron chi connectivity index (χ4n) is 1.79. The number of rotatable bonds is 5. The third-order valence-corrected chi connectivity index (χ3v) is 2.72. The molecule has 1 unspecified atom stereocenters. The first kappa shape index (κ1) is 13.7. The Labute approximate surface area is 103 Å². The van der Waals surface area contributed by atoms with Crippen LogP contribution in [0.4, 0.5) is 5.69 Å². The number of hydrogen-bond acceptors (Lipinski definition) is 2. The fourth-order valence-corrected chi connectivity index (χ4v) is 1.79. The summed E-state index contributed by atoms with van der Waals surface area (Å²) in [6.07, 6.45) is 1.61. The first-order valence-corrected chi connectivity index (χ1v) is 6.19. The number of anilines is 1. The van der Waals surface area contributed by atoms with E-state index in [1.54, 1.807) is 0 Å². The molecule has 0 radical (unpaired) electrons. The number of benzene rings is 1. The van der Waals surface area contributed by atoms with Crippen LogP contribution in [-0.4, -0.2) is 11.9 Å². The SMILES string of the molecule is CCc1ccccc1NC(=O)C(N)CC(C)C. The lowest BCUT2D eigenvalue weighted by Crippen LogP contribution is -2.36. The molecule has 0 fully saturated rings. The van der Waals surface area contributed by atoms with Crippen LogP contribution in [0.25, 0.3) is 0 Å². The Morgan fingerprint density at radius 2 is 2.00 bits per heavy atom. The van der Waals surface area contributed by atoms with Crippen LogP contribution in [-0.2, 0) is 11.2 Å². The second kappa shape index (κ2) is 6.40. The Morgan fingerprint density at radius 1 is 1.35 bits per heavy atom. The van der Waals surface area contributed by atoms with Crippen LogP contribution in [0.15, 0.2) is 24.3 Å². The Morgan fingerprint density at radius 3 is 2.59 bits per heavy atom. The number of aryl methyl sites for hydroxylation is 1. The van der Waals surface area contributed by atoms with Crippen LogP contribution in [0, 0.1) is 5.92 Å². The quantitative estimate of drug-likeness (QED) is 0.822. The standard InChI is InChI=1S/C14H22N2O/c1-4-11-7-5-6-8-13(11)16-14(17)12(15)9-10(2)3/h5-8,10,12H,4,9,15H2,1-3H3,(H,16,17). The summed E-state index contributed by atoms with van der Waals surface area (Å²) < 4.78 is 0. The van der Waals surface area contributed by atoms with Gasteiger partial charge in [-0.1, -0.05) is 39.0 Å². The van der Waals surface area contributed by atoms with E-state index in [2.05, 4.69) is 26.1 Å². The van der Waals surface area contributed by atoms with E-state index in [-0.39, 0.29) is 5.91 Å². The highest BCUT2D eigenvalue weighted by Crippen LogP contribution is 2.16. The number of para-hydroxylation sites is 1. The number of carbonyl (C=O) groups excluding carboxylic acids is 1. The van der Waals surface area contributed by atoms with Crippen molar-refractivity contribution >= 4 is 11.6 Å². The molecule has 0 saturated heterocycles. The van der Waals surface area contributed by atoms with E-state index in [0.717, 1.165) is 17.7 Å². The molecule has 0 aliphatic carbocycles. The molecule has 1 rings (SSSR count). The summed E-state index contributed by atoms with van der Waals surface area (Å²) in [5.74, 6) is 0.330. The molecule has 0 aliphatic rings. The summed E-state index contributed by atoms with van der Waals surface area (Å²) in [7, 11) is 0. The van der Waals surface area contributed by atoms with Gasteiger partial charge in [0.25, 0.3) is 0 Å². The highest BCUT2D eigenvalue weighted by atomic mass is 16.2. The molecule has 0 aliphatic heterocycles. The molecule has 1 aromatic rings. The smallest absolute Gasteiger partial charge is 0.241 e. The number of nitrogens with one attached hydrogen (secondary N) is 1. The molecule has 1 atom stereocenters. The molecule has 94 valence electrons. The van der Waals surface area contributed by atoms with Crippen molar-refractivity contribution in [3.05, 3.63) is 29.8 Å². The summed E-state index contributed by atoms with van der Waals surface area (Å²) in [4.78, 5) is 11.9. The summed E-state index contributed by atoms with van der Waals surface area (Å²) in [5, 5.41) is 2.90. The maximum absolute atomic E-state index is 11.9. The van der Waals surface area contributed by atoms with Gasteiger partial charge in [-0.25, -0.2) is 0 Å². The van der Waals surface area contributed by atoms with Gasteiger partial charge in [0.05, 0.1) is 6.04 Å². The van der Waals surface area contributed by atoms with Crippen LogP contribution in [0.3, 0.4) is 0 Å². The monoisotopic (exact) mass is 234 g/mol. The second-order valence-corrected chi connectivity index (χ2v) is 4.74. The normalized spacial score (nSPS) is 12.5. The zero-order chi connectivity index (χ0) is 12.8. The average molecular weight is 234 g/mol. The molecule has 1 amide bonds. The number of hydrogen-bond donors (Lipinski definition) is 2. The molecule has 3 N–H and O–H groups in total. The fraction of sp³-hybridized carbons (Fsp3) is 0.500. The van der Waals surface area contributed by atoms with Crippen LogP contribution >= 0.6 is 0 Å². The van der Waals surface area contributed by atoms with Gasteiger partial charge in [-0.3, -0.25) is 4.79 Å². The van der Waals surface area contributed by atoms with E-state index < -0.39 is 6.04 Å². The Kier molecular flexibility index (Phi) is 5.16. The van der Waals surface area contributed by atoms with Gasteiger partial charge in [0, 0.05) is 5.69 Å². The van der Waals surface area contributed by atoms with Gasteiger partial charge in [0.15, 0.2) is 0 Å². The van der Waals surface area contributed by atoms with Gasteiger partial charge < -0.3 is 11.1 Å².